The van der Waals surface area contributed by atoms with Crippen LogP contribution in [-0.4, -0.2) is 49.6 Å². The molecule has 2 N–H and O–H groups in total. The molecule has 0 unspecified atom stereocenters. The number of aliphatic hydroxyl groups excluding tert-OH is 2. The Morgan fingerprint density at radius 3 is 1.42 bits per heavy atom. The summed E-state index contributed by atoms with van der Waals surface area (Å²) in [6.07, 6.45) is 0. The van der Waals surface area contributed by atoms with Crippen LogP contribution in [0.4, 0.5) is 28.4 Å². The number of carbonyl (C=O) groups is 1. The molecule has 0 aliphatic carbocycles. The molecule has 0 aliphatic rings. The number of nitrogens with zero attached hydrogens (tertiary/aromatic N) is 5. The van der Waals surface area contributed by atoms with Gasteiger partial charge < -0.3 is 19.8 Å². The second-order valence-electron chi connectivity index (χ2n) is 6.91. The Morgan fingerprint density at radius 2 is 1.06 bits per heavy atom. The molecule has 3 aromatic carbocycles. The average molecular weight is 447 g/mol. The zero-order valence-corrected chi connectivity index (χ0v) is 18.2. The van der Waals surface area contributed by atoms with Crippen molar-refractivity contribution in [3.05, 3.63) is 78.4 Å². The normalized spacial score (nSPS) is 11.2. The SMILES string of the molecule is COC(=O)c1ccc(N=Nc2ccc(N=Nc3ccc(N(CCO)CCO)cc3)cc2)cc1. The first kappa shape index (κ1) is 23.7. The minimum atomic E-state index is -0.399. The monoisotopic (exact) mass is 447 g/mol. The Balaban J connectivity index is 1.59. The Hall–Kier alpha value is -3.95. The second kappa shape index (κ2) is 12.2. The van der Waals surface area contributed by atoms with Crippen molar-refractivity contribution in [2.75, 3.05) is 38.3 Å². The number of rotatable bonds is 10. The highest BCUT2D eigenvalue weighted by molar-refractivity contribution is 5.89. The summed E-state index contributed by atoms with van der Waals surface area (Å²) in [6.45, 7) is 0.922. The molecule has 170 valence electrons. The minimum absolute atomic E-state index is 0.0126. The Bertz CT molecular complexity index is 1080. The topological polar surface area (TPSA) is 119 Å². The van der Waals surface area contributed by atoms with Crippen LogP contribution in [-0.2, 0) is 4.74 Å². The fourth-order valence-corrected chi connectivity index (χ4v) is 2.94. The van der Waals surface area contributed by atoms with E-state index >= 15 is 0 Å². The molecule has 0 saturated carbocycles. The number of ether oxygens (including phenoxy) is 1. The molecular formula is C24H25N5O4. The molecular weight excluding hydrogens is 422 g/mol. The summed E-state index contributed by atoms with van der Waals surface area (Å²) in [5.41, 5.74) is 3.98. The summed E-state index contributed by atoms with van der Waals surface area (Å²) in [5, 5.41) is 35.1. The lowest BCUT2D eigenvalue weighted by Gasteiger charge is -2.22. The second-order valence-corrected chi connectivity index (χ2v) is 6.91. The van der Waals surface area contributed by atoms with Gasteiger partial charge in [0.25, 0.3) is 0 Å². The average Bonchev–Trinajstić information content (AvgIpc) is 2.87. The number of hydrogen-bond donors (Lipinski definition) is 2. The zero-order valence-electron chi connectivity index (χ0n) is 18.2. The highest BCUT2D eigenvalue weighted by Gasteiger charge is 2.05. The van der Waals surface area contributed by atoms with Crippen molar-refractivity contribution in [3.8, 4) is 0 Å². The van der Waals surface area contributed by atoms with Crippen LogP contribution in [0.15, 0.2) is 93.3 Å². The van der Waals surface area contributed by atoms with Crippen LogP contribution < -0.4 is 4.90 Å². The van der Waals surface area contributed by atoms with E-state index in [0.29, 0.717) is 41.4 Å². The van der Waals surface area contributed by atoms with E-state index in [2.05, 4.69) is 25.2 Å². The van der Waals surface area contributed by atoms with Crippen molar-refractivity contribution in [1.29, 1.82) is 0 Å². The third kappa shape index (κ3) is 7.03. The van der Waals surface area contributed by atoms with E-state index in [4.69, 9.17) is 10.2 Å². The van der Waals surface area contributed by atoms with Gasteiger partial charge in [-0.25, -0.2) is 4.79 Å². The largest absolute Gasteiger partial charge is 0.465 e. The van der Waals surface area contributed by atoms with Gasteiger partial charge in [-0.2, -0.15) is 20.5 Å². The molecule has 9 heteroatoms. The first-order chi connectivity index (χ1) is 16.1. The minimum Gasteiger partial charge on any atom is -0.465 e. The van der Waals surface area contributed by atoms with Crippen LogP contribution in [0, 0.1) is 0 Å². The maximum atomic E-state index is 11.5. The van der Waals surface area contributed by atoms with Crippen molar-refractivity contribution in [1.82, 2.24) is 0 Å². The highest BCUT2D eigenvalue weighted by atomic mass is 16.5. The number of hydrogen-bond acceptors (Lipinski definition) is 9. The summed E-state index contributed by atoms with van der Waals surface area (Å²) in [4.78, 5) is 13.3. The molecule has 0 fully saturated rings. The summed E-state index contributed by atoms with van der Waals surface area (Å²) in [6, 6.07) is 21.2. The molecule has 0 aromatic heterocycles. The number of aliphatic hydroxyl groups is 2. The first-order valence-corrected chi connectivity index (χ1v) is 10.3. The quantitative estimate of drug-likeness (QED) is 0.331. The third-order valence-corrected chi connectivity index (χ3v) is 4.65. The van der Waals surface area contributed by atoms with Crippen LogP contribution in [0.1, 0.15) is 10.4 Å². The summed E-state index contributed by atoms with van der Waals surface area (Å²) < 4.78 is 4.67. The van der Waals surface area contributed by atoms with E-state index in [9.17, 15) is 4.79 Å². The van der Waals surface area contributed by atoms with E-state index in [0.717, 1.165) is 5.69 Å². The number of esters is 1. The number of methoxy groups -OCH3 is 1. The van der Waals surface area contributed by atoms with Gasteiger partial charge in [0, 0.05) is 18.8 Å². The number of benzene rings is 3. The molecule has 0 aliphatic heterocycles. The van der Waals surface area contributed by atoms with E-state index < -0.39 is 5.97 Å². The molecule has 3 rings (SSSR count). The fraction of sp³-hybridized carbons (Fsp3) is 0.208. The molecule has 0 atom stereocenters. The molecule has 0 bridgehead atoms. The van der Waals surface area contributed by atoms with Crippen LogP contribution in [0.2, 0.25) is 0 Å². The van der Waals surface area contributed by atoms with Crippen molar-refractivity contribution in [2.45, 2.75) is 0 Å². The van der Waals surface area contributed by atoms with Gasteiger partial charge in [0.05, 0.1) is 48.6 Å². The predicted molar refractivity (Wildman–Crippen MR) is 125 cm³/mol. The van der Waals surface area contributed by atoms with Crippen molar-refractivity contribution in [3.63, 3.8) is 0 Å². The van der Waals surface area contributed by atoms with Crippen molar-refractivity contribution in [2.24, 2.45) is 20.5 Å². The molecule has 3 aromatic rings. The van der Waals surface area contributed by atoms with Gasteiger partial charge in [-0.3, -0.25) is 0 Å². The highest BCUT2D eigenvalue weighted by Crippen LogP contribution is 2.25. The summed E-state index contributed by atoms with van der Waals surface area (Å²) in [7, 11) is 1.34. The van der Waals surface area contributed by atoms with E-state index in [1.807, 2.05) is 29.2 Å². The van der Waals surface area contributed by atoms with Crippen LogP contribution >= 0.6 is 0 Å². The van der Waals surface area contributed by atoms with E-state index in [-0.39, 0.29) is 13.2 Å². The van der Waals surface area contributed by atoms with Crippen LogP contribution in [0.5, 0.6) is 0 Å². The van der Waals surface area contributed by atoms with Gasteiger partial charge in [-0.05, 0) is 72.8 Å². The predicted octanol–water partition coefficient (Wildman–Crippen LogP) is 5.10. The van der Waals surface area contributed by atoms with Gasteiger partial charge >= 0.3 is 5.97 Å². The lowest BCUT2D eigenvalue weighted by Crippen LogP contribution is -2.29. The van der Waals surface area contributed by atoms with Gasteiger partial charge in [-0.1, -0.05) is 0 Å². The number of anilines is 1. The standard InChI is InChI=1S/C24H25N5O4/c1-33-24(32)18-2-4-19(5-3-18)25-26-20-6-8-21(9-7-20)27-28-22-10-12-23(13-11-22)29(14-16-30)15-17-31/h2-13,30-31H,14-17H2,1H3. The molecule has 0 saturated heterocycles. The summed E-state index contributed by atoms with van der Waals surface area (Å²) >= 11 is 0. The Labute approximate surface area is 191 Å². The van der Waals surface area contributed by atoms with Crippen LogP contribution in [0.3, 0.4) is 0 Å². The molecule has 0 radical (unpaired) electrons. The fourth-order valence-electron chi connectivity index (χ4n) is 2.94. The lowest BCUT2D eigenvalue weighted by molar-refractivity contribution is 0.0600. The maximum absolute atomic E-state index is 11.5. The van der Waals surface area contributed by atoms with Gasteiger partial charge in [-0.15, -0.1) is 0 Å². The van der Waals surface area contributed by atoms with E-state index in [1.54, 1.807) is 48.5 Å². The molecule has 33 heavy (non-hydrogen) atoms. The number of azo groups is 2. The Morgan fingerprint density at radius 1 is 0.697 bits per heavy atom. The number of carbonyl (C=O) groups excluding carboxylic acids is 1. The van der Waals surface area contributed by atoms with Gasteiger partial charge in [0.1, 0.15) is 0 Å². The summed E-state index contributed by atoms with van der Waals surface area (Å²) in [5.74, 6) is -0.399. The smallest absolute Gasteiger partial charge is 0.337 e. The first-order valence-electron chi connectivity index (χ1n) is 10.3. The van der Waals surface area contributed by atoms with Gasteiger partial charge in [0.2, 0.25) is 0 Å². The van der Waals surface area contributed by atoms with E-state index in [1.165, 1.54) is 7.11 Å². The molecule has 0 spiro atoms. The maximum Gasteiger partial charge on any atom is 0.337 e. The molecule has 9 nitrogen and oxygen atoms in total. The lowest BCUT2D eigenvalue weighted by atomic mass is 10.2. The molecule has 0 heterocycles. The molecule has 0 amide bonds. The van der Waals surface area contributed by atoms with Crippen molar-refractivity contribution >= 4 is 34.4 Å². The van der Waals surface area contributed by atoms with Crippen molar-refractivity contribution < 1.29 is 19.7 Å². The third-order valence-electron chi connectivity index (χ3n) is 4.65. The Kier molecular flexibility index (Phi) is 8.75. The van der Waals surface area contributed by atoms with Gasteiger partial charge in [0.15, 0.2) is 0 Å². The zero-order chi connectivity index (χ0) is 23.5. The van der Waals surface area contributed by atoms with Crippen LogP contribution in [0.25, 0.3) is 0 Å².